The first kappa shape index (κ1) is 23.4. The molecule has 1 N–H and O–H groups in total. The predicted molar refractivity (Wildman–Crippen MR) is 138 cm³/mol. The van der Waals surface area contributed by atoms with E-state index in [-0.39, 0.29) is 0 Å². The molecular weight excluding hydrogens is 618 g/mol. The van der Waals surface area contributed by atoms with E-state index in [0.717, 1.165) is 35.3 Å². The van der Waals surface area contributed by atoms with Gasteiger partial charge in [-0.1, -0.05) is 30.3 Å². The summed E-state index contributed by atoms with van der Waals surface area (Å²) in [7, 11) is 1.60. The zero-order chi connectivity index (χ0) is 22.2. The van der Waals surface area contributed by atoms with Gasteiger partial charge in [0.2, 0.25) is 0 Å². The Balaban J connectivity index is 1.85. The largest absolute Gasteiger partial charge is 0.487 e. The summed E-state index contributed by atoms with van der Waals surface area (Å²) >= 11 is 4.53. The van der Waals surface area contributed by atoms with E-state index in [1.165, 1.54) is 0 Å². The molecule has 0 saturated carbocycles. The molecule has 2 aromatic carbocycles. The summed E-state index contributed by atoms with van der Waals surface area (Å²) in [5.41, 5.74) is 6.80. The van der Waals surface area contributed by atoms with Crippen molar-refractivity contribution in [3.63, 3.8) is 0 Å². The average molecular weight is 638 g/mol. The molecule has 0 spiro atoms. The summed E-state index contributed by atoms with van der Waals surface area (Å²) in [6.45, 7) is 2.66. The third kappa shape index (κ3) is 6.38. The van der Waals surface area contributed by atoms with Crippen LogP contribution in [0.1, 0.15) is 27.9 Å². The highest BCUT2D eigenvalue weighted by atomic mass is 127. The van der Waals surface area contributed by atoms with Crippen LogP contribution < -0.4 is 10.2 Å². The Morgan fingerprint density at radius 1 is 1.16 bits per heavy atom. The highest BCUT2D eigenvalue weighted by molar-refractivity contribution is 14.1. The number of methoxy groups -OCH3 is 1. The second-order valence-electron chi connectivity index (χ2n) is 6.64. The molecule has 3 aromatic rings. The van der Waals surface area contributed by atoms with Crippen molar-refractivity contribution in [3.05, 3.63) is 83.6 Å². The van der Waals surface area contributed by atoms with Crippen LogP contribution in [-0.4, -0.2) is 18.3 Å². The number of halogens is 2. The van der Waals surface area contributed by atoms with E-state index in [1.54, 1.807) is 13.3 Å². The lowest BCUT2D eigenvalue weighted by Gasteiger charge is -2.12. The Morgan fingerprint density at radius 2 is 1.94 bits per heavy atom. The number of rotatable bonds is 8. The molecule has 8 heteroatoms. The molecule has 158 valence electrons. The van der Waals surface area contributed by atoms with Gasteiger partial charge in [0.25, 0.3) is 0 Å². The van der Waals surface area contributed by atoms with Gasteiger partial charge in [0.05, 0.1) is 16.4 Å². The van der Waals surface area contributed by atoms with Gasteiger partial charge in [-0.15, -0.1) is 0 Å². The first-order valence-corrected chi connectivity index (χ1v) is 11.5. The number of aromatic nitrogens is 1. The number of hydrazone groups is 1. The van der Waals surface area contributed by atoms with Gasteiger partial charge in [-0.25, -0.2) is 4.98 Å². The van der Waals surface area contributed by atoms with E-state index in [9.17, 15) is 5.26 Å². The van der Waals surface area contributed by atoms with Crippen LogP contribution in [0.3, 0.4) is 0 Å². The van der Waals surface area contributed by atoms with Crippen LogP contribution >= 0.6 is 45.2 Å². The third-order valence-electron chi connectivity index (χ3n) is 4.28. The molecule has 0 bridgehead atoms. The number of nitrogens with zero attached hydrogens (tertiary/aromatic N) is 3. The Hall–Kier alpha value is -2.23. The fourth-order valence-corrected chi connectivity index (χ4v) is 4.98. The summed E-state index contributed by atoms with van der Waals surface area (Å²) in [6, 6.07) is 18.1. The van der Waals surface area contributed by atoms with Gasteiger partial charge in [0.1, 0.15) is 24.0 Å². The van der Waals surface area contributed by atoms with Gasteiger partial charge < -0.3 is 9.47 Å². The number of benzene rings is 2. The quantitative estimate of drug-likeness (QED) is 0.196. The lowest BCUT2D eigenvalue weighted by atomic mass is 10.1. The number of nitriles is 1. The highest BCUT2D eigenvalue weighted by Crippen LogP contribution is 2.28. The minimum atomic E-state index is 0.331. The molecule has 0 saturated heterocycles. The minimum absolute atomic E-state index is 0.331. The molecule has 31 heavy (non-hydrogen) atoms. The average Bonchev–Trinajstić information content (AvgIpc) is 2.74. The molecule has 1 heterocycles. The van der Waals surface area contributed by atoms with Crippen molar-refractivity contribution in [3.8, 4) is 11.8 Å². The van der Waals surface area contributed by atoms with Crippen LogP contribution in [0.4, 0.5) is 5.82 Å². The Labute approximate surface area is 209 Å². The Bertz CT molecular complexity index is 1130. The molecule has 0 aliphatic heterocycles. The number of pyridine rings is 1. The number of aryl methyl sites for hydroxylation is 1. The molecule has 6 nitrogen and oxygen atoms in total. The van der Waals surface area contributed by atoms with Gasteiger partial charge in [0, 0.05) is 27.5 Å². The minimum Gasteiger partial charge on any atom is -0.487 e. The van der Waals surface area contributed by atoms with E-state index >= 15 is 0 Å². The molecule has 0 fully saturated rings. The standard InChI is InChI=1S/C23H20I2N4O2/c1-15-8-18(14-30-2)20(11-26)23(28-15)29-27-12-17-9-19(24)10-21(25)22(17)31-13-16-6-4-3-5-7-16/h3-10,12H,13-14H2,1-2H3,(H,28,29)/b27-12-. The lowest BCUT2D eigenvalue weighted by molar-refractivity contribution is 0.184. The fourth-order valence-electron chi connectivity index (χ4n) is 2.94. The zero-order valence-corrected chi connectivity index (χ0v) is 21.3. The van der Waals surface area contributed by atoms with Crippen molar-refractivity contribution in [2.75, 3.05) is 12.5 Å². The molecule has 0 amide bonds. The topological polar surface area (TPSA) is 79.5 Å². The first-order chi connectivity index (χ1) is 15.0. The van der Waals surface area contributed by atoms with Crippen molar-refractivity contribution < 1.29 is 9.47 Å². The first-order valence-electron chi connectivity index (χ1n) is 9.36. The maximum absolute atomic E-state index is 9.57. The molecule has 0 radical (unpaired) electrons. The van der Waals surface area contributed by atoms with E-state index in [4.69, 9.17) is 9.47 Å². The molecular formula is C23H20I2N4O2. The van der Waals surface area contributed by atoms with Crippen molar-refractivity contribution in [2.45, 2.75) is 20.1 Å². The van der Waals surface area contributed by atoms with Gasteiger partial charge >= 0.3 is 0 Å². The molecule has 3 rings (SSSR count). The summed E-state index contributed by atoms with van der Waals surface area (Å²) in [5, 5.41) is 13.9. The summed E-state index contributed by atoms with van der Waals surface area (Å²) in [4.78, 5) is 4.41. The van der Waals surface area contributed by atoms with Crippen LogP contribution in [0, 0.1) is 25.4 Å². The summed E-state index contributed by atoms with van der Waals surface area (Å²) < 4.78 is 13.4. The van der Waals surface area contributed by atoms with Crippen molar-refractivity contribution >= 4 is 57.2 Å². The lowest BCUT2D eigenvalue weighted by Crippen LogP contribution is -2.04. The monoisotopic (exact) mass is 638 g/mol. The van der Waals surface area contributed by atoms with Gasteiger partial charge in [-0.2, -0.15) is 10.4 Å². The van der Waals surface area contributed by atoms with E-state index < -0.39 is 0 Å². The number of hydrogen-bond acceptors (Lipinski definition) is 6. The normalized spacial score (nSPS) is 10.8. The van der Waals surface area contributed by atoms with Crippen molar-refractivity contribution in [2.24, 2.45) is 5.10 Å². The molecule has 0 aliphatic rings. The van der Waals surface area contributed by atoms with E-state index in [0.29, 0.717) is 24.6 Å². The second-order valence-corrected chi connectivity index (χ2v) is 9.05. The van der Waals surface area contributed by atoms with Gasteiger partial charge in [0.15, 0.2) is 5.82 Å². The number of anilines is 1. The molecule has 1 aromatic heterocycles. The summed E-state index contributed by atoms with van der Waals surface area (Å²) in [6.07, 6.45) is 1.69. The van der Waals surface area contributed by atoms with Crippen LogP contribution in [0.25, 0.3) is 0 Å². The van der Waals surface area contributed by atoms with Crippen LogP contribution in [0.15, 0.2) is 53.6 Å². The van der Waals surface area contributed by atoms with Crippen molar-refractivity contribution in [1.29, 1.82) is 5.26 Å². The van der Waals surface area contributed by atoms with Crippen LogP contribution in [0.5, 0.6) is 5.75 Å². The zero-order valence-electron chi connectivity index (χ0n) is 17.0. The number of ether oxygens (including phenoxy) is 2. The molecule has 0 atom stereocenters. The smallest absolute Gasteiger partial charge is 0.164 e. The van der Waals surface area contributed by atoms with E-state index in [2.05, 4.69) is 72.8 Å². The Morgan fingerprint density at radius 3 is 2.65 bits per heavy atom. The third-order valence-corrected chi connectivity index (χ3v) is 5.70. The maximum atomic E-state index is 9.57. The summed E-state index contributed by atoms with van der Waals surface area (Å²) in [5.74, 6) is 1.16. The van der Waals surface area contributed by atoms with Gasteiger partial charge in [-0.05, 0) is 75.9 Å². The maximum Gasteiger partial charge on any atom is 0.164 e. The fraction of sp³-hybridized carbons (Fsp3) is 0.174. The van der Waals surface area contributed by atoms with Crippen molar-refractivity contribution in [1.82, 2.24) is 4.98 Å². The predicted octanol–water partition coefficient (Wildman–Crippen LogP) is 5.64. The molecule has 0 aliphatic carbocycles. The van der Waals surface area contributed by atoms with Gasteiger partial charge in [-0.3, -0.25) is 5.43 Å². The Kier molecular flexibility index (Phi) is 8.62. The SMILES string of the molecule is COCc1cc(C)nc(N/N=C\c2cc(I)cc(I)c2OCc2ccccc2)c1C#N. The second kappa shape index (κ2) is 11.4. The van der Waals surface area contributed by atoms with E-state index in [1.807, 2.05) is 49.4 Å². The number of hydrogen-bond donors (Lipinski definition) is 1. The highest BCUT2D eigenvalue weighted by Gasteiger charge is 2.12. The van der Waals surface area contributed by atoms with Crippen LogP contribution in [0.2, 0.25) is 0 Å². The van der Waals surface area contributed by atoms with Crippen LogP contribution in [-0.2, 0) is 18.0 Å². The number of nitrogens with one attached hydrogen (secondary N) is 1. The molecule has 0 unspecified atom stereocenters.